The van der Waals surface area contributed by atoms with Crippen LogP contribution in [0.15, 0.2) is 29.2 Å². The number of carbonyl (C=O) groups excluding carboxylic acids is 1. The SMILES string of the molecule is CC[C@H](C)C(=O)Nc1ccccc1S[C@@H](C)C(=O)O. The zero-order valence-corrected chi connectivity index (χ0v) is 12.2. The number of aliphatic carboxylic acids is 1. The highest BCUT2D eigenvalue weighted by molar-refractivity contribution is 8.00. The van der Waals surface area contributed by atoms with Gasteiger partial charge in [-0.15, -0.1) is 11.8 Å². The van der Waals surface area contributed by atoms with E-state index in [4.69, 9.17) is 5.11 Å². The van der Waals surface area contributed by atoms with Gasteiger partial charge in [0.2, 0.25) is 5.91 Å². The van der Waals surface area contributed by atoms with Gasteiger partial charge in [-0.05, 0) is 25.5 Å². The summed E-state index contributed by atoms with van der Waals surface area (Å²) in [5, 5.41) is 11.2. The third-order valence-corrected chi connectivity index (χ3v) is 4.02. The van der Waals surface area contributed by atoms with Crippen molar-refractivity contribution in [3.63, 3.8) is 0 Å². The summed E-state index contributed by atoms with van der Waals surface area (Å²) in [6, 6.07) is 7.26. The third-order valence-electron chi connectivity index (χ3n) is 2.86. The molecule has 0 aliphatic heterocycles. The molecule has 0 spiro atoms. The minimum Gasteiger partial charge on any atom is -0.480 e. The maximum Gasteiger partial charge on any atom is 0.316 e. The molecule has 4 nitrogen and oxygen atoms in total. The Morgan fingerprint density at radius 3 is 2.53 bits per heavy atom. The van der Waals surface area contributed by atoms with Crippen LogP contribution in [0.25, 0.3) is 0 Å². The Balaban J connectivity index is 2.84. The van der Waals surface area contributed by atoms with Gasteiger partial charge in [-0.25, -0.2) is 0 Å². The Labute approximate surface area is 117 Å². The first-order valence-electron chi connectivity index (χ1n) is 6.25. The van der Waals surface area contributed by atoms with Gasteiger partial charge in [0.1, 0.15) is 5.25 Å². The number of benzene rings is 1. The van der Waals surface area contributed by atoms with Crippen LogP contribution in [0.3, 0.4) is 0 Å². The lowest BCUT2D eigenvalue weighted by molar-refractivity contribution is -0.136. The minimum atomic E-state index is -0.868. The van der Waals surface area contributed by atoms with E-state index in [9.17, 15) is 9.59 Å². The van der Waals surface area contributed by atoms with Gasteiger partial charge in [0, 0.05) is 10.8 Å². The first kappa shape index (κ1) is 15.6. The van der Waals surface area contributed by atoms with Crippen molar-refractivity contribution in [2.75, 3.05) is 5.32 Å². The zero-order chi connectivity index (χ0) is 14.4. The fourth-order valence-electron chi connectivity index (χ4n) is 1.35. The molecule has 0 saturated carbocycles. The van der Waals surface area contributed by atoms with Crippen LogP contribution in [0.5, 0.6) is 0 Å². The summed E-state index contributed by atoms with van der Waals surface area (Å²) < 4.78 is 0. The molecule has 2 N–H and O–H groups in total. The number of rotatable bonds is 6. The maximum atomic E-state index is 11.9. The Hall–Kier alpha value is -1.49. The number of amides is 1. The second kappa shape index (κ2) is 7.19. The van der Waals surface area contributed by atoms with Gasteiger partial charge in [0.15, 0.2) is 0 Å². The molecule has 0 heterocycles. The molecule has 1 rings (SSSR count). The Bertz CT molecular complexity index is 462. The van der Waals surface area contributed by atoms with Crippen LogP contribution in [0.4, 0.5) is 5.69 Å². The quantitative estimate of drug-likeness (QED) is 0.786. The molecule has 0 aliphatic rings. The minimum absolute atomic E-state index is 0.0430. The standard InChI is InChI=1S/C14H19NO3S/c1-4-9(2)13(16)15-11-7-5-6-8-12(11)19-10(3)14(17)18/h5-10H,4H2,1-3H3,(H,15,16)(H,17,18)/t9-,10-/m0/s1. The maximum absolute atomic E-state index is 11.9. The fraction of sp³-hybridized carbons (Fsp3) is 0.429. The van der Waals surface area contributed by atoms with Crippen LogP contribution in [-0.2, 0) is 9.59 Å². The van der Waals surface area contributed by atoms with E-state index < -0.39 is 11.2 Å². The van der Waals surface area contributed by atoms with E-state index in [1.807, 2.05) is 32.0 Å². The third kappa shape index (κ3) is 4.59. The Morgan fingerprint density at radius 1 is 1.32 bits per heavy atom. The monoisotopic (exact) mass is 281 g/mol. The number of carboxylic acid groups (broad SMARTS) is 1. The molecular formula is C14H19NO3S. The summed E-state index contributed by atoms with van der Waals surface area (Å²) in [6.07, 6.45) is 0.771. The number of carboxylic acids is 1. The van der Waals surface area contributed by atoms with Gasteiger partial charge in [0.05, 0.1) is 5.69 Å². The van der Waals surface area contributed by atoms with Crippen LogP contribution >= 0.6 is 11.8 Å². The topological polar surface area (TPSA) is 66.4 Å². The predicted molar refractivity (Wildman–Crippen MR) is 77.5 cm³/mol. The number of thioether (sulfide) groups is 1. The van der Waals surface area contributed by atoms with Gasteiger partial charge in [-0.2, -0.15) is 0 Å². The molecule has 1 aromatic carbocycles. The molecule has 0 radical (unpaired) electrons. The normalized spacial score (nSPS) is 13.6. The van der Waals surface area contributed by atoms with Crippen molar-refractivity contribution in [2.45, 2.75) is 37.3 Å². The van der Waals surface area contributed by atoms with Gasteiger partial charge >= 0.3 is 5.97 Å². The lowest BCUT2D eigenvalue weighted by Gasteiger charge is -2.14. The van der Waals surface area contributed by atoms with Crippen LogP contribution in [0, 0.1) is 5.92 Å². The molecule has 0 unspecified atom stereocenters. The molecule has 0 bridgehead atoms. The van der Waals surface area contributed by atoms with E-state index in [1.165, 1.54) is 11.8 Å². The smallest absolute Gasteiger partial charge is 0.316 e. The molecule has 1 aromatic rings. The van der Waals surface area contributed by atoms with E-state index in [-0.39, 0.29) is 11.8 Å². The van der Waals surface area contributed by atoms with Crippen LogP contribution in [0.2, 0.25) is 0 Å². The van der Waals surface area contributed by atoms with Gasteiger partial charge in [-0.1, -0.05) is 26.0 Å². The van der Waals surface area contributed by atoms with E-state index in [0.29, 0.717) is 5.69 Å². The molecule has 0 saturated heterocycles. The van der Waals surface area contributed by atoms with Gasteiger partial charge in [0.25, 0.3) is 0 Å². The largest absolute Gasteiger partial charge is 0.480 e. The molecule has 0 fully saturated rings. The zero-order valence-electron chi connectivity index (χ0n) is 11.3. The van der Waals surface area contributed by atoms with Crippen molar-refractivity contribution in [3.8, 4) is 0 Å². The van der Waals surface area contributed by atoms with Gasteiger partial charge < -0.3 is 10.4 Å². The summed E-state index contributed by atoms with van der Waals surface area (Å²) in [6.45, 7) is 5.45. The fourth-order valence-corrected chi connectivity index (χ4v) is 2.24. The lowest BCUT2D eigenvalue weighted by Crippen LogP contribution is -2.20. The van der Waals surface area contributed by atoms with Crippen molar-refractivity contribution in [1.29, 1.82) is 0 Å². The average Bonchev–Trinajstić information content (AvgIpc) is 2.39. The van der Waals surface area contributed by atoms with Crippen molar-refractivity contribution >= 4 is 29.3 Å². The second-order valence-corrected chi connectivity index (χ2v) is 5.78. The summed E-state index contributed by atoms with van der Waals surface area (Å²) in [5.74, 6) is -0.971. The highest BCUT2D eigenvalue weighted by Gasteiger charge is 2.17. The van der Waals surface area contributed by atoms with Crippen molar-refractivity contribution in [1.82, 2.24) is 0 Å². The lowest BCUT2D eigenvalue weighted by atomic mass is 10.1. The summed E-state index contributed by atoms with van der Waals surface area (Å²) in [5.41, 5.74) is 0.672. The molecular weight excluding hydrogens is 262 g/mol. The molecule has 0 aromatic heterocycles. The van der Waals surface area contributed by atoms with Crippen molar-refractivity contribution in [2.24, 2.45) is 5.92 Å². The van der Waals surface area contributed by atoms with Crippen LogP contribution in [-0.4, -0.2) is 22.2 Å². The molecule has 2 atom stereocenters. The van der Waals surface area contributed by atoms with Crippen molar-refractivity contribution < 1.29 is 14.7 Å². The number of anilines is 1. The Morgan fingerprint density at radius 2 is 1.95 bits per heavy atom. The van der Waals surface area contributed by atoms with Crippen molar-refractivity contribution in [3.05, 3.63) is 24.3 Å². The molecule has 1 amide bonds. The summed E-state index contributed by atoms with van der Waals surface area (Å²) in [4.78, 5) is 23.5. The van der Waals surface area contributed by atoms with E-state index in [1.54, 1.807) is 13.0 Å². The number of nitrogens with one attached hydrogen (secondary N) is 1. The summed E-state index contributed by atoms with van der Waals surface area (Å²) in [7, 11) is 0. The van der Waals surface area contributed by atoms with Gasteiger partial charge in [-0.3, -0.25) is 9.59 Å². The van der Waals surface area contributed by atoms with Crippen LogP contribution in [0.1, 0.15) is 27.2 Å². The van der Waals surface area contributed by atoms with E-state index >= 15 is 0 Å². The highest BCUT2D eigenvalue weighted by atomic mass is 32.2. The molecule has 0 aliphatic carbocycles. The first-order valence-corrected chi connectivity index (χ1v) is 7.13. The first-order chi connectivity index (χ1) is 8.95. The Kier molecular flexibility index (Phi) is 5.89. The molecule has 19 heavy (non-hydrogen) atoms. The average molecular weight is 281 g/mol. The van der Waals surface area contributed by atoms with Crippen LogP contribution < -0.4 is 5.32 Å². The number of para-hydroxylation sites is 1. The molecule has 5 heteroatoms. The number of carbonyl (C=O) groups is 2. The predicted octanol–water partition coefficient (Wildman–Crippen LogP) is 3.24. The second-order valence-electron chi connectivity index (χ2n) is 4.39. The highest BCUT2D eigenvalue weighted by Crippen LogP contribution is 2.30. The van der Waals surface area contributed by atoms with E-state index in [2.05, 4.69) is 5.32 Å². The van der Waals surface area contributed by atoms with E-state index in [0.717, 1.165) is 11.3 Å². The molecule has 104 valence electrons. The number of hydrogen-bond acceptors (Lipinski definition) is 3. The number of hydrogen-bond donors (Lipinski definition) is 2. The summed E-state index contributed by atoms with van der Waals surface area (Å²) >= 11 is 1.23.